The molecule has 3 N–H and O–H groups in total. The summed E-state index contributed by atoms with van der Waals surface area (Å²) in [6.45, 7) is -0.574. The molecule has 0 aliphatic carbocycles. The van der Waals surface area contributed by atoms with Gasteiger partial charge >= 0.3 is 11.6 Å². The molecule has 0 radical (unpaired) electrons. The number of fused-ring (bicyclic) bond motifs is 3. The highest BCUT2D eigenvalue weighted by Crippen LogP contribution is 2.42. The van der Waals surface area contributed by atoms with Crippen LogP contribution in [0.4, 0.5) is 0 Å². The third-order valence-corrected chi connectivity index (χ3v) is 7.52. The molecule has 0 aliphatic heterocycles. The van der Waals surface area contributed by atoms with E-state index in [1.165, 1.54) is 39.1 Å². The average molecular weight is 590 g/mol. The van der Waals surface area contributed by atoms with Crippen LogP contribution in [-0.4, -0.2) is 54.3 Å². The summed E-state index contributed by atoms with van der Waals surface area (Å²) >= 11 is 0. The van der Waals surface area contributed by atoms with Crippen molar-refractivity contribution in [2.45, 2.75) is 26.2 Å². The Hall–Kier alpha value is -5.00. The Bertz CT molecular complexity index is 1900. The Labute approximate surface area is 246 Å². The van der Waals surface area contributed by atoms with Crippen LogP contribution in [0.25, 0.3) is 33.0 Å². The topological polar surface area (TPSA) is 150 Å². The standard InChI is InChI=1S/C32H31NO10/c1-39-22-8-5-17(11-24(22)40-2)9-10-33-29(31(36)37)27(18-6-7-19(15-34)20(12-18)16-35)28-21-13-25(41-3)26(42-4)14-23(21)43-32(38)30(28)33/h5-8,11-14,34-35H,9-10,15-16H2,1-4H3,(H,36,37). The molecular formula is C32H31NO10. The molecule has 2 aromatic heterocycles. The SMILES string of the molecule is COc1ccc(CCn2c(C(=O)O)c(-c3ccc(CO)c(CO)c3)c3c4cc(OC)c(OC)cc4oc(=O)c32)cc1OC. The summed E-state index contributed by atoms with van der Waals surface area (Å²) in [4.78, 5) is 26.6. The predicted octanol–water partition coefficient (Wildman–Crippen LogP) is 4.37. The third-order valence-electron chi connectivity index (χ3n) is 7.52. The Morgan fingerprint density at radius 3 is 2.09 bits per heavy atom. The van der Waals surface area contributed by atoms with Crippen LogP contribution in [0.1, 0.15) is 27.2 Å². The molecule has 0 spiro atoms. The number of ether oxygens (including phenoxy) is 4. The molecule has 11 heteroatoms. The zero-order chi connectivity index (χ0) is 30.8. The molecule has 0 atom stereocenters. The zero-order valence-electron chi connectivity index (χ0n) is 24.1. The van der Waals surface area contributed by atoms with Crippen molar-refractivity contribution in [2.75, 3.05) is 28.4 Å². The van der Waals surface area contributed by atoms with Gasteiger partial charge in [0, 0.05) is 28.9 Å². The third kappa shape index (κ3) is 5.13. The average Bonchev–Trinajstić information content (AvgIpc) is 3.38. The highest BCUT2D eigenvalue weighted by atomic mass is 16.5. The van der Waals surface area contributed by atoms with Crippen LogP contribution in [0.3, 0.4) is 0 Å². The number of nitrogens with zero attached hydrogens (tertiary/aromatic N) is 1. The number of aliphatic hydroxyl groups excluding tert-OH is 2. The Balaban J connectivity index is 1.85. The summed E-state index contributed by atoms with van der Waals surface area (Å²) in [5, 5.41) is 31.1. The van der Waals surface area contributed by atoms with Gasteiger partial charge in [-0.15, -0.1) is 0 Å². The van der Waals surface area contributed by atoms with Crippen molar-refractivity contribution >= 4 is 27.8 Å². The summed E-state index contributed by atoms with van der Waals surface area (Å²) in [5.74, 6) is 0.499. The van der Waals surface area contributed by atoms with Crippen LogP contribution in [0.5, 0.6) is 23.0 Å². The van der Waals surface area contributed by atoms with Crippen molar-refractivity contribution in [2.24, 2.45) is 0 Å². The number of rotatable bonds is 11. The number of benzene rings is 3. The van der Waals surface area contributed by atoms with Gasteiger partial charge in [0.1, 0.15) is 16.8 Å². The Morgan fingerprint density at radius 1 is 0.814 bits per heavy atom. The highest BCUT2D eigenvalue weighted by molar-refractivity contribution is 6.17. The van der Waals surface area contributed by atoms with E-state index in [9.17, 15) is 24.9 Å². The molecule has 5 rings (SSSR count). The first-order valence-electron chi connectivity index (χ1n) is 13.3. The molecule has 0 amide bonds. The molecule has 0 unspecified atom stereocenters. The van der Waals surface area contributed by atoms with E-state index < -0.39 is 11.6 Å². The number of aliphatic hydroxyl groups is 2. The first-order chi connectivity index (χ1) is 20.8. The number of hydrogen-bond acceptors (Lipinski definition) is 9. The number of hydrogen-bond donors (Lipinski definition) is 3. The molecule has 0 fully saturated rings. The summed E-state index contributed by atoms with van der Waals surface area (Å²) in [7, 11) is 5.99. The number of carbonyl (C=O) groups is 1. The maximum absolute atomic E-state index is 13.6. The van der Waals surface area contributed by atoms with E-state index in [0.717, 1.165) is 5.56 Å². The molecule has 224 valence electrons. The van der Waals surface area contributed by atoms with E-state index in [4.69, 9.17) is 23.4 Å². The second-order valence-corrected chi connectivity index (χ2v) is 9.74. The molecule has 43 heavy (non-hydrogen) atoms. The zero-order valence-corrected chi connectivity index (χ0v) is 24.1. The molecule has 0 saturated carbocycles. The number of methoxy groups -OCH3 is 4. The lowest BCUT2D eigenvalue weighted by molar-refractivity contribution is 0.0686. The number of carboxylic acids is 1. The molecule has 2 heterocycles. The van der Waals surface area contributed by atoms with Gasteiger partial charge < -0.3 is 43.3 Å². The fraction of sp³-hybridized carbons (Fsp3) is 0.250. The number of aromatic carboxylic acids is 1. The fourth-order valence-corrected chi connectivity index (χ4v) is 5.47. The van der Waals surface area contributed by atoms with Gasteiger partial charge in [0.15, 0.2) is 23.0 Å². The normalized spacial score (nSPS) is 11.2. The maximum atomic E-state index is 13.6. The van der Waals surface area contributed by atoms with Crippen LogP contribution in [0.15, 0.2) is 57.7 Å². The molecule has 0 aliphatic rings. The quantitative estimate of drug-likeness (QED) is 0.190. The lowest BCUT2D eigenvalue weighted by atomic mass is 9.96. The van der Waals surface area contributed by atoms with Crippen LogP contribution in [-0.2, 0) is 26.2 Å². The Morgan fingerprint density at radius 2 is 1.47 bits per heavy atom. The van der Waals surface area contributed by atoms with Crippen molar-refractivity contribution in [3.05, 3.63) is 81.3 Å². The van der Waals surface area contributed by atoms with Crippen LogP contribution < -0.4 is 24.6 Å². The second kappa shape index (κ2) is 12.1. The Kier molecular flexibility index (Phi) is 8.29. The summed E-state index contributed by atoms with van der Waals surface area (Å²) < 4.78 is 28.8. The molecule has 11 nitrogen and oxygen atoms in total. The minimum atomic E-state index is -1.26. The molecule has 0 bridgehead atoms. The first-order valence-corrected chi connectivity index (χ1v) is 13.3. The predicted molar refractivity (Wildman–Crippen MR) is 159 cm³/mol. The summed E-state index contributed by atoms with van der Waals surface area (Å²) in [5.41, 5.74) is 1.82. The molecule has 5 aromatic rings. The van der Waals surface area contributed by atoms with Gasteiger partial charge in [0.2, 0.25) is 0 Å². The molecular weight excluding hydrogens is 558 g/mol. The van der Waals surface area contributed by atoms with Gasteiger partial charge in [-0.2, -0.15) is 0 Å². The van der Waals surface area contributed by atoms with Crippen molar-refractivity contribution in [1.29, 1.82) is 0 Å². The van der Waals surface area contributed by atoms with E-state index in [2.05, 4.69) is 0 Å². The van der Waals surface area contributed by atoms with Gasteiger partial charge in [-0.3, -0.25) is 0 Å². The van der Waals surface area contributed by atoms with Crippen molar-refractivity contribution in [3.8, 4) is 34.1 Å². The smallest absolute Gasteiger partial charge is 0.361 e. The first kappa shape index (κ1) is 29.5. The van der Waals surface area contributed by atoms with Crippen molar-refractivity contribution < 1.29 is 43.5 Å². The number of aryl methyl sites for hydroxylation is 2. The fourth-order valence-electron chi connectivity index (χ4n) is 5.47. The van der Waals surface area contributed by atoms with Crippen LogP contribution >= 0.6 is 0 Å². The minimum absolute atomic E-state index is 0.0596. The summed E-state index contributed by atoms with van der Waals surface area (Å²) in [6, 6.07) is 13.4. The van der Waals surface area contributed by atoms with Gasteiger partial charge in [0.25, 0.3) is 0 Å². The highest BCUT2D eigenvalue weighted by Gasteiger charge is 2.29. The van der Waals surface area contributed by atoms with Crippen LogP contribution in [0.2, 0.25) is 0 Å². The monoisotopic (exact) mass is 589 g/mol. The van der Waals surface area contributed by atoms with Gasteiger partial charge in [-0.25, -0.2) is 9.59 Å². The lowest BCUT2D eigenvalue weighted by Gasteiger charge is -2.12. The van der Waals surface area contributed by atoms with Crippen LogP contribution in [0, 0.1) is 0 Å². The van der Waals surface area contributed by atoms with Gasteiger partial charge in [-0.1, -0.05) is 18.2 Å². The number of carboxylic acid groups (broad SMARTS) is 1. The van der Waals surface area contributed by atoms with E-state index in [-0.39, 0.29) is 42.1 Å². The van der Waals surface area contributed by atoms with E-state index >= 15 is 0 Å². The van der Waals surface area contributed by atoms with Gasteiger partial charge in [0.05, 0.1) is 41.7 Å². The largest absolute Gasteiger partial charge is 0.493 e. The van der Waals surface area contributed by atoms with Crippen molar-refractivity contribution in [3.63, 3.8) is 0 Å². The molecule has 3 aromatic carbocycles. The second-order valence-electron chi connectivity index (χ2n) is 9.74. The van der Waals surface area contributed by atoms with E-state index in [1.54, 1.807) is 36.4 Å². The van der Waals surface area contributed by atoms with E-state index in [1.807, 2.05) is 6.07 Å². The van der Waals surface area contributed by atoms with Crippen molar-refractivity contribution in [1.82, 2.24) is 4.57 Å². The van der Waals surface area contributed by atoms with E-state index in [0.29, 0.717) is 56.9 Å². The maximum Gasteiger partial charge on any atom is 0.361 e. The molecule has 0 saturated heterocycles. The minimum Gasteiger partial charge on any atom is -0.493 e. The lowest BCUT2D eigenvalue weighted by Crippen LogP contribution is -2.15. The van der Waals surface area contributed by atoms with Gasteiger partial charge in [-0.05, 0) is 52.9 Å². The summed E-state index contributed by atoms with van der Waals surface area (Å²) in [6.07, 6.45) is 0.346. The number of aromatic nitrogens is 1.